The number of ether oxygens (including phenoxy) is 2. The molecule has 0 saturated carbocycles. The second kappa shape index (κ2) is 10.9. The standard InChI is InChI=1S/C27H34N2O6/c1-17(34-5)24(25(32)29(27(2,3)4)15-14-23(30)31)28-26(33)35-16-22-20-12-8-6-10-18(20)19-11-7-9-13-21(19)22/h6-13,17,22,24H,14-16H2,1-5H3,(H,28,33)(H,30,31)/t17-,24+/m1/s1. The summed E-state index contributed by atoms with van der Waals surface area (Å²) in [6, 6.07) is 15.0. The molecule has 1 aliphatic carbocycles. The van der Waals surface area contributed by atoms with Crippen LogP contribution in [0.5, 0.6) is 0 Å². The Kier molecular flexibility index (Phi) is 8.17. The first-order valence-corrected chi connectivity index (χ1v) is 11.7. The molecule has 8 heteroatoms. The molecular weight excluding hydrogens is 448 g/mol. The summed E-state index contributed by atoms with van der Waals surface area (Å²) in [4.78, 5) is 38.8. The lowest BCUT2D eigenvalue weighted by Gasteiger charge is -2.39. The van der Waals surface area contributed by atoms with Crippen molar-refractivity contribution < 1.29 is 29.0 Å². The van der Waals surface area contributed by atoms with Crippen molar-refractivity contribution in [2.75, 3.05) is 20.3 Å². The number of methoxy groups -OCH3 is 1. The molecule has 0 aromatic heterocycles. The molecule has 0 radical (unpaired) electrons. The van der Waals surface area contributed by atoms with E-state index in [2.05, 4.69) is 17.4 Å². The van der Waals surface area contributed by atoms with E-state index in [4.69, 9.17) is 14.6 Å². The number of benzene rings is 2. The van der Waals surface area contributed by atoms with Gasteiger partial charge in [-0.05, 0) is 49.9 Å². The lowest BCUT2D eigenvalue weighted by molar-refractivity contribution is -0.143. The Morgan fingerprint density at radius 1 is 1.03 bits per heavy atom. The Hall–Kier alpha value is -3.39. The van der Waals surface area contributed by atoms with Crippen molar-refractivity contribution in [2.24, 2.45) is 0 Å². The Balaban J connectivity index is 1.74. The number of carbonyl (C=O) groups is 3. The van der Waals surface area contributed by atoms with Gasteiger partial charge in [-0.25, -0.2) is 4.79 Å². The van der Waals surface area contributed by atoms with Crippen LogP contribution in [0, 0.1) is 0 Å². The predicted molar refractivity (Wildman–Crippen MR) is 132 cm³/mol. The van der Waals surface area contributed by atoms with Gasteiger partial charge in [0.2, 0.25) is 5.91 Å². The van der Waals surface area contributed by atoms with Crippen LogP contribution in [0.1, 0.15) is 51.2 Å². The summed E-state index contributed by atoms with van der Waals surface area (Å²) in [5.41, 5.74) is 3.77. The first kappa shape index (κ1) is 26.2. The van der Waals surface area contributed by atoms with Gasteiger partial charge in [0.15, 0.2) is 0 Å². The highest BCUT2D eigenvalue weighted by atomic mass is 16.5. The molecule has 0 fully saturated rings. The summed E-state index contributed by atoms with van der Waals surface area (Å²) >= 11 is 0. The molecule has 1 aliphatic rings. The fraction of sp³-hybridized carbons (Fsp3) is 0.444. The van der Waals surface area contributed by atoms with Gasteiger partial charge in [0, 0.05) is 25.1 Å². The molecule has 0 spiro atoms. The fourth-order valence-electron chi connectivity index (χ4n) is 4.43. The summed E-state index contributed by atoms with van der Waals surface area (Å²) < 4.78 is 11.0. The minimum Gasteiger partial charge on any atom is -0.481 e. The van der Waals surface area contributed by atoms with Crippen LogP contribution in [0.2, 0.25) is 0 Å². The highest BCUT2D eigenvalue weighted by molar-refractivity contribution is 5.87. The Morgan fingerprint density at radius 2 is 1.57 bits per heavy atom. The molecule has 2 aromatic carbocycles. The van der Waals surface area contributed by atoms with Crippen LogP contribution in [-0.4, -0.2) is 65.9 Å². The number of hydrogen-bond donors (Lipinski definition) is 2. The molecule has 0 heterocycles. The van der Waals surface area contributed by atoms with Crippen molar-refractivity contribution in [1.82, 2.24) is 10.2 Å². The molecule has 8 nitrogen and oxygen atoms in total. The number of carboxylic acid groups (broad SMARTS) is 1. The number of alkyl carbamates (subject to hydrolysis) is 1. The molecule has 3 rings (SSSR count). The van der Waals surface area contributed by atoms with E-state index in [1.54, 1.807) is 6.92 Å². The average molecular weight is 483 g/mol. The number of carboxylic acids is 1. The zero-order chi connectivity index (χ0) is 25.8. The largest absolute Gasteiger partial charge is 0.481 e. The number of amides is 2. The van der Waals surface area contributed by atoms with Gasteiger partial charge in [-0.1, -0.05) is 48.5 Å². The number of aliphatic carboxylic acids is 1. The average Bonchev–Trinajstić information content (AvgIpc) is 3.13. The van der Waals surface area contributed by atoms with Crippen LogP contribution < -0.4 is 5.32 Å². The number of fused-ring (bicyclic) bond motifs is 3. The van der Waals surface area contributed by atoms with Gasteiger partial charge < -0.3 is 24.8 Å². The lowest BCUT2D eigenvalue weighted by Crippen LogP contribution is -2.58. The van der Waals surface area contributed by atoms with Gasteiger partial charge in [0.05, 0.1) is 12.5 Å². The second-order valence-corrected chi connectivity index (χ2v) is 9.69. The molecule has 0 unspecified atom stereocenters. The van der Waals surface area contributed by atoms with Crippen LogP contribution in [0.3, 0.4) is 0 Å². The van der Waals surface area contributed by atoms with Crippen molar-refractivity contribution in [3.05, 3.63) is 59.7 Å². The van der Waals surface area contributed by atoms with E-state index in [1.807, 2.05) is 57.2 Å². The van der Waals surface area contributed by atoms with E-state index in [1.165, 1.54) is 12.0 Å². The van der Waals surface area contributed by atoms with Gasteiger partial charge in [0.25, 0.3) is 0 Å². The van der Waals surface area contributed by atoms with Crippen LogP contribution in [0.25, 0.3) is 11.1 Å². The highest BCUT2D eigenvalue weighted by Gasteiger charge is 2.37. The molecule has 2 aromatic rings. The summed E-state index contributed by atoms with van der Waals surface area (Å²) in [6.45, 7) is 7.24. The first-order valence-electron chi connectivity index (χ1n) is 11.7. The minimum atomic E-state index is -1.04. The maximum absolute atomic E-state index is 13.4. The van der Waals surface area contributed by atoms with Crippen LogP contribution in [-0.2, 0) is 19.1 Å². The summed E-state index contributed by atoms with van der Waals surface area (Å²) in [7, 11) is 1.45. The number of nitrogens with zero attached hydrogens (tertiary/aromatic N) is 1. The Morgan fingerprint density at radius 3 is 2.06 bits per heavy atom. The van der Waals surface area contributed by atoms with E-state index in [9.17, 15) is 14.4 Å². The first-order chi connectivity index (χ1) is 16.5. The molecule has 2 amide bonds. The number of rotatable bonds is 9. The van der Waals surface area contributed by atoms with Crippen molar-refractivity contribution in [1.29, 1.82) is 0 Å². The van der Waals surface area contributed by atoms with Gasteiger partial charge >= 0.3 is 12.1 Å². The third-order valence-corrected chi connectivity index (χ3v) is 6.35. The normalized spacial score (nSPS) is 14.4. The van der Waals surface area contributed by atoms with E-state index < -0.39 is 35.7 Å². The molecule has 2 N–H and O–H groups in total. The quantitative estimate of drug-likeness (QED) is 0.559. The SMILES string of the molecule is CO[C@H](C)[C@H](NC(=O)OCC1c2ccccc2-c2ccccc21)C(=O)N(CCC(=O)O)C(C)(C)C. The molecule has 188 valence electrons. The summed E-state index contributed by atoms with van der Waals surface area (Å²) in [6.07, 6.45) is -1.60. The number of nitrogens with one attached hydrogen (secondary N) is 1. The summed E-state index contributed by atoms with van der Waals surface area (Å²) in [5.74, 6) is -1.54. The van der Waals surface area contributed by atoms with Gasteiger partial charge in [-0.2, -0.15) is 0 Å². The van der Waals surface area contributed by atoms with E-state index >= 15 is 0 Å². The minimum absolute atomic E-state index is 0.0109. The molecule has 0 saturated heterocycles. The van der Waals surface area contributed by atoms with E-state index in [0.29, 0.717) is 0 Å². The molecule has 2 atom stereocenters. The van der Waals surface area contributed by atoms with Crippen molar-refractivity contribution in [3.8, 4) is 11.1 Å². The molecule has 0 aliphatic heterocycles. The smallest absolute Gasteiger partial charge is 0.407 e. The third-order valence-electron chi connectivity index (χ3n) is 6.35. The topological polar surface area (TPSA) is 105 Å². The maximum atomic E-state index is 13.4. The second-order valence-electron chi connectivity index (χ2n) is 9.69. The van der Waals surface area contributed by atoms with Crippen molar-refractivity contribution in [2.45, 2.75) is 57.7 Å². The van der Waals surface area contributed by atoms with Crippen molar-refractivity contribution >= 4 is 18.0 Å². The predicted octanol–water partition coefficient (Wildman–Crippen LogP) is 4.03. The Bertz CT molecular complexity index is 1030. The zero-order valence-electron chi connectivity index (χ0n) is 20.9. The monoisotopic (exact) mass is 482 g/mol. The maximum Gasteiger partial charge on any atom is 0.407 e. The fourth-order valence-corrected chi connectivity index (χ4v) is 4.43. The van der Waals surface area contributed by atoms with Gasteiger partial charge in [-0.3, -0.25) is 9.59 Å². The highest BCUT2D eigenvalue weighted by Crippen LogP contribution is 2.44. The van der Waals surface area contributed by atoms with Crippen LogP contribution in [0.4, 0.5) is 4.79 Å². The van der Waals surface area contributed by atoms with Crippen LogP contribution >= 0.6 is 0 Å². The molecular formula is C27H34N2O6. The summed E-state index contributed by atoms with van der Waals surface area (Å²) in [5, 5.41) is 11.8. The zero-order valence-corrected chi connectivity index (χ0v) is 20.9. The van der Waals surface area contributed by atoms with Gasteiger partial charge in [0.1, 0.15) is 12.6 Å². The number of hydrogen-bond acceptors (Lipinski definition) is 5. The van der Waals surface area contributed by atoms with Crippen molar-refractivity contribution in [3.63, 3.8) is 0 Å². The molecule has 0 bridgehead atoms. The molecule has 35 heavy (non-hydrogen) atoms. The van der Waals surface area contributed by atoms with E-state index in [-0.39, 0.29) is 25.5 Å². The van der Waals surface area contributed by atoms with Gasteiger partial charge in [-0.15, -0.1) is 0 Å². The Labute approximate surface area is 206 Å². The van der Waals surface area contributed by atoms with Crippen LogP contribution in [0.15, 0.2) is 48.5 Å². The lowest BCUT2D eigenvalue weighted by atomic mass is 9.98. The number of carbonyl (C=O) groups excluding carboxylic acids is 2. The van der Waals surface area contributed by atoms with E-state index in [0.717, 1.165) is 22.3 Å². The third kappa shape index (κ3) is 6.00.